The van der Waals surface area contributed by atoms with E-state index in [4.69, 9.17) is 19.3 Å². The van der Waals surface area contributed by atoms with Gasteiger partial charge in [-0.1, -0.05) is 133 Å². The van der Waals surface area contributed by atoms with Crippen molar-refractivity contribution in [2.75, 3.05) is 13.2 Å². The third-order valence-corrected chi connectivity index (χ3v) is 7.54. The van der Waals surface area contributed by atoms with E-state index in [1.54, 1.807) is 6.08 Å². The number of phosphoric ester groups is 1. The van der Waals surface area contributed by atoms with E-state index in [1.807, 2.05) is 42.5 Å². The largest absolute Gasteiger partial charge is 0.469 e. The topological polar surface area (TPSA) is 140 Å². The lowest BCUT2D eigenvalue weighted by Gasteiger charge is -2.18. The molecule has 270 valence electrons. The van der Waals surface area contributed by atoms with Gasteiger partial charge < -0.3 is 24.4 Å². The van der Waals surface area contributed by atoms with Crippen LogP contribution in [0.1, 0.15) is 130 Å². The van der Waals surface area contributed by atoms with Crippen molar-refractivity contribution in [2.24, 2.45) is 5.92 Å². The molecule has 0 heterocycles. The molecule has 0 radical (unpaired) electrons. The molecule has 1 unspecified atom stereocenters. The summed E-state index contributed by atoms with van der Waals surface area (Å²) in [5.41, 5.74) is 0. The Kier molecular flexibility index (Phi) is 29.5. The molecule has 0 saturated carbocycles. The van der Waals surface area contributed by atoms with Gasteiger partial charge in [0.15, 0.2) is 6.10 Å². The zero-order valence-electron chi connectivity index (χ0n) is 29.2. The van der Waals surface area contributed by atoms with E-state index in [9.17, 15) is 19.3 Å². The zero-order valence-corrected chi connectivity index (χ0v) is 30.1. The highest BCUT2D eigenvalue weighted by Crippen LogP contribution is 2.35. The summed E-state index contributed by atoms with van der Waals surface area (Å²) >= 11 is 0. The van der Waals surface area contributed by atoms with Crippen LogP contribution in [0.15, 0.2) is 60.8 Å². The quantitative estimate of drug-likeness (QED) is 0.0223. The van der Waals surface area contributed by atoms with Crippen LogP contribution in [0.25, 0.3) is 0 Å². The maximum absolute atomic E-state index is 12.3. The van der Waals surface area contributed by atoms with E-state index in [0.29, 0.717) is 32.1 Å². The van der Waals surface area contributed by atoms with Crippen LogP contribution in [0.3, 0.4) is 0 Å². The lowest BCUT2D eigenvalue weighted by Crippen LogP contribution is -2.29. The first-order valence-electron chi connectivity index (χ1n) is 17.5. The van der Waals surface area contributed by atoms with Crippen LogP contribution in [0.2, 0.25) is 0 Å². The standard InChI is InChI=1S/C37H63O9P/c1-4-5-6-7-17-22-27-34(38)28-23-18-13-9-11-15-20-25-30-37(40)46-35(32-45-47(41,42)43)31-44-36(39)29-24-19-14-10-8-12-16-21-26-33(2)3/h5-6,11,13,15,17-18,22-23,28,33-35,38H,4,7-10,12,14,16,19-21,24-27,29-32H2,1-3H3,(H2,41,42,43)/b6-5-,15-11-,18-13-,22-17-,28-23+/t34?,35-/m1/s1. The van der Waals surface area contributed by atoms with Gasteiger partial charge in [0, 0.05) is 12.8 Å². The highest BCUT2D eigenvalue weighted by atomic mass is 31.2. The van der Waals surface area contributed by atoms with Crippen LogP contribution in [-0.4, -0.2) is 52.3 Å². The number of hydrogen-bond donors (Lipinski definition) is 3. The van der Waals surface area contributed by atoms with Gasteiger partial charge in [0.25, 0.3) is 0 Å². The number of aliphatic hydroxyl groups excluding tert-OH is 1. The predicted octanol–water partition coefficient (Wildman–Crippen LogP) is 9.00. The van der Waals surface area contributed by atoms with Crippen molar-refractivity contribution in [1.29, 1.82) is 0 Å². The molecule has 9 nitrogen and oxygen atoms in total. The van der Waals surface area contributed by atoms with Crippen LogP contribution in [0, 0.1) is 5.92 Å². The number of rotatable bonds is 30. The minimum absolute atomic E-state index is 0.0994. The maximum Gasteiger partial charge on any atom is 0.469 e. The second kappa shape index (κ2) is 31.0. The molecular weight excluding hydrogens is 619 g/mol. The number of hydrogen-bond acceptors (Lipinski definition) is 7. The molecule has 2 atom stereocenters. The smallest absolute Gasteiger partial charge is 0.462 e. The Labute approximate surface area is 284 Å². The molecule has 3 N–H and O–H groups in total. The van der Waals surface area contributed by atoms with E-state index in [2.05, 4.69) is 37.4 Å². The fraction of sp³-hybridized carbons (Fsp3) is 0.676. The summed E-state index contributed by atoms with van der Waals surface area (Å²) in [6.45, 7) is 5.69. The average molecular weight is 683 g/mol. The third-order valence-electron chi connectivity index (χ3n) is 7.06. The number of unbranched alkanes of at least 4 members (excludes halogenated alkanes) is 8. The Morgan fingerprint density at radius 3 is 2.02 bits per heavy atom. The van der Waals surface area contributed by atoms with Gasteiger partial charge in [-0.25, -0.2) is 4.57 Å². The molecule has 0 rings (SSSR count). The van der Waals surface area contributed by atoms with Gasteiger partial charge in [-0.05, 0) is 50.9 Å². The molecule has 0 aliphatic heterocycles. The fourth-order valence-electron chi connectivity index (χ4n) is 4.44. The van der Waals surface area contributed by atoms with Gasteiger partial charge >= 0.3 is 19.8 Å². The Morgan fingerprint density at radius 2 is 1.34 bits per heavy atom. The van der Waals surface area contributed by atoms with Gasteiger partial charge in [0.05, 0.1) is 12.7 Å². The predicted molar refractivity (Wildman–Crippen MR) is 190 cm³/mol. The molecule has 10 heteroatoms. The molecule has 47 heavy (non-hydrogen) atoms. The van der Waals surface area contributed by atoms with Gasteiger partial charge in [-0.2, -0.15) is 0 Å². The van der Waals surface area contributed by atoms with Crippen LogP contribution >= 0.6 is 7.82 Å². The summed E-state index contributed by atoms with van der Waals surface area (Å²) in [7, 11) is -4.78. The highest BCUT2D eigenvalue weighted by Gasteiger charge is 2.22. The van der Waals surface area contributed by atoms with Crippen molar-refractivity contribution < 1.29 is 43.0 Å². The number of phosphoric acid groups is 1. The van der Waals surface area contributed by atoms with Crippen molar-refractivity contribution in [2.45, 2.75) is 142 Å². The summed E-state index contributed by atoms with van der Waals surface area (Å²) in [6, 6.07) is 0. The van der Waals surface area contributed by atoms with Crippen molar-refractivity contribution in [3.05, 3.63) is 60.8 Å². The number of allylic oxidation sites excluding steroid dienone is 8. The Bertz CT molecular complexity index is 978. The fourth-order valence-corrected chi connectivity index (χ4v) is 4.80. The minimum Gasteiger partial charge on any atom is -0.462 e. The monoisotopic (exact) mass is 682 g/mol. The number of aliphatic hydroxyl groups is 1. The van der Waals surface area contributed by atoms with E-state index in [1.165, 1.54) is 32.1 Å². The Balaban J connectivity index is 4.21. The molecule has 0 bridgehead atoms. The second-order valence-electron chi connectivity index (χ2n) is 12.1. The van der Waals surface area contributed by atoms with Crippen molar-refractivity contribution in [3.8, 4) is 0 Å². The Morgan fingerprint density at radius 1 is 0.723 bits per heavy atom. The summed E-state index contributed by atoms with van der Waals surface area (Å²) in [5, 5.41) is 9.95. The van der Waals surface area contributed by atoms with E-state index in [-0.39, 0.29) is 19.4 Å². The van der Waals surface area contributed by atoms with Crippen LogP contribution in [0.5, 0.6) is 0 Å². The normalized spacial score (nSPS) is 14.0. The molecule has 0 aliphatic rings. The lowest BCUT2D eigenvalue weighted by molar-refractivity contribution is -0.161. The maximum atomic E-state index is 12.3. The van der Waals surface area contributed by atoms with Crippen molar-refractivity contribution >= 4 is 19.8 Å². The molecule has 0 aliphatic carbocycles. The first kappa shape index (κ1) is 44.7. The van der Waals surface area contributed by atoms with Crippen LogP contribution < -0.4 is 0 Å². The molecule has 0 amide bonds. The first-order chi connectivity index (χ1) is 22.5. The summed E-state index contributed by atoms with van der Waals surface area (Å²) < 4.78 is 26.1. The SMILES string of the molecule is CC/C=C\C/C=C\CC(O)/C=C/C=C\C/C=C\CCCC(=O)O[C@H](COC(=O)CCCCCCCCCCC(C)C)COP(=O)(O)O. The third kappa shape index (κ3) is 34.9. The number of carbonyl (C=O) groups is 2. The van der Waals surface area contributed by atoms with Gasteiger partial charge in [-0.3, -0.25) is 14.1 Å². The molecule has 0 saturated heterocycles. The first-order valence-corrected chi connectivity index (χ1v) is 19.1. The van der Waals surface area contributed by atoms with E-state index < -0.39 is 38.6 Å². The number of esters is 2. The molecule has 0 aromatic heterocycles. The zero-order chi connectivity index (χ0) is 35.0. The number of ether oxygens (including phenoxy) is 2. The van der Waals surface area contributed by atoms with Crippen LogP contribution in [0.4, 0.5) is 0 Å². The molecule has 0 aromatic rings. The van der Waals surface area contributed by atoms with Gasteiger partial charge in [-0.15, -0.1) is 0 Å². The van der Waals surface area contributed by atoms with Crippen LogP contribution in [-0.2, 0) is 28.2 Å². The minimum atomic E-state index is -4.78. The molecule has 0 aromatic carbocycles. The molecule has 0 fully saturated rings. The Hall–Kier alpha value is -2.29. The van der Waals surface area contributed by atoms with Crippen molar-refractivity contribution in [1.82, 2.24) is 0 Å². The van der Waals surface area contributed by atoms with E-state index >= 15 is 0 Å². The average Bonchev–Trinajstić information content (AvgIpc) is 3.01. The molecule has 0 spiro atoms. The van der Waals surface area contributed by atoms with Gasteiger partial charge in [0.2, 0.25) is 0 Å². The van der Waals surface area contributed by atoms with Crippen molar-refractivity contribution in [3.63, 3.8) is 0 Å². The molecular formula is C37H63O9P. The van der Waals surface area contributed by atoms with E-state index in [0.717, 1.165) is 38.0 Å². The van der Waals surface area contributed by atoms with Gasteiger partial charge in [0.1, 0.15) is 6.61 Å². The summed E-state index contributed by atoms with van der Waals surface area (Å²) in [5.74, 6) is -0.237. The highest BCUT2D eigenvalue weighted by molar-refractivity contribution is 7.46. The summed E-state index contributed by atoms with van der Waals surface area (Å²) in [4.78, 5) is 42.5. The number of carbonyl (C=O) groups excluding carboxylic acids is 2. The second-order valence-corrected chi connectivity index (χ2v) is 13.4. The summed E-state index contributed by atoms with van der Waals surface area (Å²) in [6.07, 6.45) is 32.8. The lowest BCUT2D eigenvalue weighted by atomic mass is 10.0.